The summed E-state index contributed by atoms with van der Waals surface area (Å²) in [4.78, 5) is 40.1. The number of hydrogen-bond acceptors (Lipinski definition) is 10. The second kappa shape index (κ2) is 20.0. The number of phenols is 2. The number of pyridine rings is 2. The molecule has 0 unspecified atom stereocenters. The van der Waals surface area contributed by atoms with Gasteiger partial charge in [-0.2, -0.15) is 10.2 Å². The molecule has 0 atom stereocenters. The largest absolute Gasteiger partial charge is 0.508 e. The Labute approximate surface area is 393 Å². The fraction of sp³-hybridized carbons (Fsp3) is 0.160. The van der Waals surface area contributed by atoms with Crippen molar-refractivity contribution in [2.24, 2.45) is 0 Å². The topological polar surface area (TPSA) is 188 Å². The number of nitrogens with one attached hydrogen (secondary N) is 4. The number of nitrogens with zero attached hydrogens (tertiary/aromatic N) is 6. The van der Waals surface area contributed by atoms with Crippen LogP contribution in [0.5, 0.6) is 11.5 Å². The monoisotopic (exact) mass is 936 g/mol. The molecule has 4 aromatic heterocycles. The second-order valence-electron chi connectivity index (χ2n) is 15.9. The molecule has 2 amide bonds. The predicted octanol–water partition coefficient (Wildman–Crippen LogP) is 8.54. The SMILES string of the molecule is O=C(c1cc(-c2ccc(O)cc2)nc2n[nH]c(/C=C/c3cccc(F)c3)c12)N1CCNCC1.O=C(c1cc(-c2ccc(O)cc2)nc2n[nH]c(C=Cc3cc(Cl)cc(Cl)c3)c12)N1CCNCC1. The number of aromatic hydroxyl groups is 2. The molecule has 6 heterocycles. The fourth-order valence-corrected chi connectivity index (χ4v) is 8.49. The van der Waals surface area contributed by atoms with E-state index in [9.17, 15) is 24.2 Å². The van der Waals surface area contributed by atoms with Crippen molar-refractivity contribution in [1.82, 2.24) is 50.8 Å². The Balaban J connectivity index is 0.000000168. The molecule has 0 spiro atoms. The molecule has 8 aromatic rings. The molecule has 14 nitrogen and oxygen atoms in total. The van der Waals surface area contributed by atoms with Gasteiger partial charge in [-0.15, -0.1) is 0 Å². The molecular weight excluding hydrogens is 895 g/mol. The normalized spacial score (nSPS) is 14.3. The Kier molecular flexibility index (Phi) is 13.3. The molecule has 2 aliphatic rings. The highest BCUT2D eigenvalue weighted by Gasteiger charge is 2.26. The minimum atomic E-state index is -0.318. The first-order valence-electron chi connectivity index (χ1n) is 21.5. The van der Waals surface area contributed by atoms with Crippen LogP contribution in [-0.2, 0) is 0 Å². The predicted molar refractivity (Wildman–Crippen MR) is 260 cm³/mol. The smallest absolute Gasteiger partial charge is 0.254 e. The van der Waals surface area contributed by atoms with E-state index in [1.165, 1.54) is 12.1 Å². The maximum absolute atomic E-state index is 13.6. The summed E-state index contributed by atoms with van der Waals surface area (Å²) in [5.41, 5.74) is 7.42. The van der Waals surface area contributed by atoms with Gasteiger partial charge in [0.2, 0.25) is 0 Å². The lowest BCUT2D eigenvalue weighted by Crippen LogP contribution is -2.46. The molecule has 338 valence electrons. The van der Waals surface area contributed by atoms with Crippen molar-refractivity contribution in [2.75, 3.05) is 52.4 Å². The first-order chi connectivity index (χ1) is 32.6. The van der Waals surface area contributed by atoms with Gasteiger partial charge in [-0.25, -0.2) is 14.4 Å². The Morgan fingerprint density at radius 2 is 1.01 bits per heavy atom. The number of carbonyl (C=O) groups excluding carboxylic acids is 2. The number of fused-ring (bicyclic) bond motifs is 2. The van der Waals surface area contributed by atoms with Crippen molar-refractivity contribution in [3.63, 3.8) is 0 Å². The summed E-state index contributed by atoms with van der Waals surface area (Å²) in [5, 5.41) is 42.9. The second-order valence-corrected chi connectivity index (χ2v) is 16.8. The molecule has 6 N–H and O–H groups in total. The van der Waals surface area contributed by atoms with E-state index in [-0.39, 0.29) is 29.1 Å². The summed E-state index contributed by atoms with van der Waals surface area (Å²) in [6.45, 7) is 5.46. The highest BCUT2D eigenvalue weighted by Crippen LogP contribution is 2.31. The van der Waals surface area contributed by atoms with Crippen molar-refractivity contribution in [2.45, 2.75) is 0 Å². The first kappa shape index (κ1) is 44.8. The van der Waals surface area contributed by atoms with Crippen molar-refractivity contribution < 1.29 is 24.2 Å². The van der Waals surface area contributed by atoms with E-state index in [0.29, 0.717) is 97.8 Å². The Morgan fingerprint density at radius 3 is 1.46 bits per heavy atom. The molecule has 2 saturated heterocycles. The van der Waals surface area contributed by atoms with Gasteiger partial charge in [-0.1, -0.05) is 47.5 Å². The van der Waals surface area contributed by atoms with Gasteiger partial charge >= 0.3 is 0 Å². The Morgan fingerprint density at radius 1 is 0.567 bits per heavy atom. The number of piperazine rings is 2. The van der Waals surface area contributed by atoms with E-state index in [1.807, 2.05) is 22.0 Å². The van der Waals surface area contributed by atoms with Gasteiger partial charge in [0.25, 0.3) is 11.8 Å². The summed E-state index contributed by atoms with van der Waals surface area (Å²) in [5.74, 6) is -0.167. The zero-order valence-electron chi connectivity index (χ0n) is 35.8. The number of aromatic nitrogens is 6. The molecule has 0 radical (unpaired) electrons. The molecule has 67 heavy (non-hydrogen) atoms. The van der Waals surface area contributed by atoms with Crippen molar-refractivity contribution in [1.29, 1.82) is 0 Å². The standard InChI is InChI=1S/C25H21Cl2N5O2.C25H22FN5O2/c26-17-11-15(12-18(27)13-17)1-6-21-23-20(25(34)32-9-7-28-8-10-32)14-22(29-24(23)31-30-21)16-2-4-19(33)5-3-16;26-18-3-1-2-16(14-18)4-9-21-23-20(25(33)31-12-10-27-11-13-31)15-22(28-24(23)30-29-21)17-5-7-19(32)8-6-17/h1-6,11-14,28,33H,7-10H2,(H,29,30,31);1-9,14-15,27,32H,10-13H2,(H,28,29,30)/b;9-4+. The van der Waals surface area contributed by atoms with Gasteiger partial charge in [0.05, 0.1) is 44.7 Å². The van der Waals surface area contributed by atoms with E-state index in [2.05, 4.69) is 41.0 Å². The highest BCUT2D eigenvalue weighted by molar-refractivity contribution is 6.34. The number of H-pyrrole nitrogens is 2. The summed E-state index contributed by atoms with van der Waals surface area (Å²) >= 11 is 12.2. The van der Waals surface area contributed by atoms with Crippen LogP contribution in [0.15, 0.2) is 103 Å². The number of benzene rings is 4. The van der Waals surface area contributed by atoms with E-state index < -0.39 is 0 Å². The van der Waals surface area contributed by atoms with Crippen LogP contribution in [0, 0.1) is 5.82 Å². The number of hydrogen-bond donors (Lipinski definition) is 6. The van der Waals surface area contributed by atoms with Crippen molar-refractivity contribution in [3.8, 4) is 34.0 Å². The van der Waals surface area contributed by atoms with E-state index in [1.54, 1.807) is 103 Å². The number of aromatic amines is 2. The molecule has 0 aliphatic carbocycles. The van der Waals surface area contributed by atoms with Crippen LogP contribution < -0.4 is 10.6 Å². The lowest BCUT2D eigenvalue weighted by atomic mass is 10.0. The van der Waals surface area contributed by atoms with Crippen LogP contribution >= 0.6 is 23.2 Å². The molecule has 0 saturated carbocycles. The summed E-state index contributed by atoms with van der Waals surface area (Å²) in [6, 6.07) is 28.5. The van der Waals surface area contributed by atoms with Crippen LogP contribution in [0.1, 0.15) is 43.2 Å². The quantitative estimate of drug-likeness (QED) is 0.0862. The number of amides is 2. The lowest BCUT2D eigenvalue weighted by Gasteiger charge is -2.27. The summed E-state index contributed by atoms with van der Waals surface area (Å²) in [6.07, 6.45) is 7.25. The third-order valence-corrected chi connectivity index (χ3v) is 11.8. The van der Waals surface area contributed by atoms with Crippen LogP contribution in [0.4, 0.5) is 4.39 Å². The van der Waals surface area contributed by atoms with Gasteiger partial charge in [0.15, 0.2) is 11.3 Å². The van der Waals surface area contributed by atoms with Gasteiger partial charge in [0, 0.05) is 73.5 Å². The highest BCUT2D eigenvalue weighted by atomic mass is 35.5. The maximum atomic E-state index is 13.6. The number of phenolic OH excluding ortho intramolecular Hbond substituents is 2. The zero-order valence-corrected chi connectivity index (χ0v) is 37.3. The molecule has 10 rings (SSSR count). The third kappa shape index (κ3) is 10.4. The Bertz CT molecular complexity index is 3140. The average Bonchev–Trinajstić information content (AvgIpc) is 3.96. The van der Waals surface area contributed by atoms with Gasteiger partial charge in [0.1, 0.15) is 17.3 Å². The van der Waals surface area contributed by atoms with E-state index in [4.69, 9.17) is 23.2 Å². The number of halogens is 3. The van der Waals surface area contributed by atoms with Gasteiger partial charge in [-0.05, 0) is 114 Å². The van der Waals surface area contributed by atoms with Crippen molar-refractivity contribution in [3.05, 3.63) is 153 Å². The first-order valence-corrected chi connectivity index (χ1v) is 22.3. The van der Waals surface area contributed by atoms with Crippen LogP contribution in [0.2, 0.25) is 10.0 Å². The summed E-state index contributed by atoms with van der Waals surface area (Å²) in [7, 11) is 0. The summed E-state index contributed by atoms with van der Waals surface area (Å²) < 4.78 is 13.6. The third-order valence-electron chi connectivity index (χ3n) is 11.3. The molecule has 17 heteroatoms. The van der Waals surface area contributed by atoms with Crippen LogP contribution in [-0.4, -0.2) is 115 Å². The molecular formula is C50H43Cl2FN10O4. The lowest BCUT2D eigenvalue weighted by molar-refractivity contribution is 0.0730. The van der Waals surface area contributed by atoms with Gasteiger partial charge < -0.3 is 30.6 Å². The number of rotatable bonds is 8. The molecule has 0 bridgehead atoms. The average molecular weight is 938 g/mol. The minimum Gasteiger partial charge on any atom is -0.508 e. The fourth-order valence-electron chi connectivity index (χ4n) is 7.95. The maximum Gasteiger partial charge on any atom is 0.254 e. The van der Waals surface area contributed by atoms with Crippen LogP contribution in [0.25, 0.3) is 68.9 Å². The minimum absolute atomic E-state index is 0.0734. The molecule has 2 fully saturated rings. The van der Waals surface area contributed by atoms with E-state index in [0.717, 1.165) is 42.9 Å². The molecule has 2 aliphatic heterocycles. The Hall–Kier alpha value is -7.43. The van der Waals surface area contributed by atoms with E-state index >= 15 is 0 Å². The molecule has 4 aromatic carbocycles. The van der Waals surface area contributed by atoms with Crippen LogP contribution in [0.3, 0.4) is 0 Å². The van der Waals surface area contributed by atoms with Crippen molar-refractivity contribution >= 4 is 81.4 Å². The zero-order chi connectivity index (χ0) is 46.4. The van der Waals surface area contributed by atoms with Gasteiger partial charge in [-0.3, -0.25) is 19.8 Å². The number of carbonyl (C=O) groups is 2.